The van der Waals surface area contributed by atoms with E-state index < -0.39 is 0 Å². The van der Waals surface area contributed by atoms with Crippen molar-refractivity contribution >= 4 is 16.8 Å². The number of aliphatic hydroxyl groups excluding tert-OH is 1. The van der Waals surface area contributed by atoms with Crippen LogP contribution in [-0.2, 0) is 0 Å². The SMILES string of the molecule is O=C(c1ccc2nc[nH]c2c1)C1CCC(O)CC1. The highest BCUT2D eigenvalue weighted by atomic mass is 16.3. The maximum absolute atomic E-state index is 12.4. The van der Waals surface area contributed by atoms with Crippen LogP contribution in [-0.4, -0.2) is 27.0 Å². The van der Waals surface area contributed by atoms with Gasteiger partial charge in [0.2, 0.25) is 0 Å². The molecule has 2 aromatic rings. The average molecular weight is 244 g/mol. The third kappa shape index (κ3) is 2.04. The lowest BCUT2D eigenvalue weighted by atomic mass is 9.82. The first-order valence-electron chi connectivity index (χ1n) is 6.39. The molecular weight excluding hydrogens is 228 g/mol. The van der Waals surface area contributed by atoms with Crippen molar-refractivity contribution < 1.29 is 9.90 Å². The summed E-state index contributed by atoms with van der Waals surface area (Å²) >= 11 is 0. The van der Waals surface area contributed by atoms with Crippen LogP contribution in [0.4, 0.5) is 0 Å². The van der Waals surface area contributed by atoms with E-state index in [0.717, 1.165) is 42.3 Å². The Kier molecular flexibility index (Phi) is 2.88. The van der Waals surface area contributed by atoms with Crippen LogP contribution in [0.2, 0.25) is 0 Å². The van der Waals surface area contributed by atoms with Gasteiger partial charge in [-0.15, -0.1) is 0 Å². The number of nitrogens with one attached hydrogen (secondary N) is 1. The minimum Gasteiger partial charge on any atom is -0.393 e. The minimum atomic E-state index is -0.218. The molecule has 0 amide bonds. The summed E-state index contributed by atoms with van der Waals surface area (Å²) in [5, 5.41) is 9.47. The van der Waals surface area contributed by atoms with Gasteiger partial charge in [-0.3, -0.25) is 4.79 Å². The number of H-pyrrole nitrogens is 1. The molecule has 4 heteroatoms. The van der Waals surface area contributed by atoms with Crippen LogP contribution < -0.4 is 0 Å². The summed E-state index contributed by atoms with van der Waals surface area (Å²) < 4.78 is 0. The minimum absolute atomic E-state index is 0.0637. The molecule has 0 aliphatic heterocycles. The molecule has 1 aromatic heterocycles. The zero-order chi connectivity index (χ0) is 12.5. The molecule has 1 saturated carbocycles. The summed E-state index contributed by atoms with van der Waals surface area (Å²) in [5.41, 5.74) is 2.52. The summed E-state index contributed by atoms with van der Waals surface area (Å²) in [6.07, 6.45) is 4.48. The number of aliphatic hydroxyl groups is 1. The van der Waals surface area contributed by atoms with Gasteiger partial charge in [0.05, 0.1) is 23.5 Å². The largest absolute Gasteiger partial charge is 0.393 e. The summed E-state index contributed by atoms with van der Waals surface area (Å²) in [7, 11) is 0. The number of imidazole rings is 1. The van der Waals surface area contributed by atoms with Crippen LogP contribution in [0.15, 0.2) is 24.5 Å². The van der Waals surface area contributed by atoms with Crippen molar-refractivity contribution in [1.29, 1.82) is 0 Å². The van der Waals surface area contributed by atoms with E-state index in [1.54, 1.807) is 6.33 Å². The predicted molar refractivity (Wildman–Crippen MR) is 68.4 cm³/mol. The smallest absolute Gasteiger partial charge is 0.166 e. The molecule has 3 rings (SSSR count). The van der Waals surface area contributed by atoms with Crippen LogP contribution >= 0.6 is 0 Å². The average Bonchev–Trinajstić information content (AvgIpc) is 2.86. The zero-order valence-electron chi connectivity index (χ0n) is 10.1. The van der Waals surface area contributed by atoms with Crippen molar-refractivity contribution in [2.45, 2.75) is 31.8 Å². The van der Waals surface area contributed by atoms with E-state index in [1.165, 1.54) is 0 Å². The molecule has 1 aliphatic carbocycles. The molecule has 1 aliphatic rings. The number of Topliss-reactive ketones (excluding diaryl/α,β-unsaturated/α-hetero) is 1. The van der Waals surface area contributed by atoms with E-state index in [2.05, 4.69) is 9.97 Å². The maximum Gasteiger partial charge on any atom is 0.166 e. The summed E-state index contributed by atoms with van der Waals surface area (Å²) in [6.45, 7) is 0. The lowest BCUT2D eigenvalue weighted by Crippen LogP contribution is -2.24. The third-order valence-electron chi connectivity index (χ3n) is 3.77. The molecule has 1 fully saturated rings. The second-order valence-electron chi connectivity index (χ2n) is 5.00. The molecule has 1 aromatic carbocycles. The Labute approximate surface area is 105 Å². The molecule has 0 unspecified atom stereocenters. The molecule has 0 radical (unpaired) electrons. The first kappa shape index (κ1) is 11.4. The zero-order valence-corrected chi connectivity index (χ0v) is 10.1. The Morgan fingerprint density at radius 3 is 2.83 bits per heavy atom. The number of benzene rings is 1. The highest BCUT2D eigenvalue weighted by Crippen LogP contribution is 2.27. The normalized spacial score (nSPS) is 24.3. The van der Waals surface area contributed by atoms with E-state index in [9.17, 15) is 9.90 Å². The van der Waals surface area contributed by atoms with Crippen molar-refractivity contribution in [2.75, 3.05) is 0 Å². The number of ketones is 1. The standard InChI is InChI=1S/C14H16N2O2/c17-11-4-1-9(2-5-11)14(18)10-3-6-12-13(7-10)16-8-15-12/h3,6-9,11,17H,1-2,4-5H2,(H,15,16). The maximum atomic E-state index is 12.4. The van der Waals surface area contributed by atoms with Crippen molar-refractivity contribution in [2.24, 2.45) is 5.92 Å². The molecular formula is C14H16N2O2. The summed E-state index contributed by atoms with van der Waals surface area (Å²) in [6, 6.07) is 5.59. The van der Waals surface area contributed by atoms with Crippen molar-refractivity contribution in [3.8, 4) is 0 Å². The fourth-order valence-electron chi connectivity index (χ4n) is 2.66. The fraction of sp³-hybridized carbons (Fsp3) is 0.429. The highest BCUT2D eigenvalue weighted by Gasteiger charge is 2.26. The molecule has 0 spiro atoms. The summed E-state index contributed by atoms with van der Waals surface area (Å²) in [4.78, 5) is 19.5. The van der Waals surface area contributed by atoms with Crippen LogP contribution in [0.3, 0.4) is 0 Å². The van der Waals surface area contributed by atoms with Gasteiger partial charge in [-0.05, 0) is 43.9 Å². The van der Waals surface area contributed by atoms with Gasteiger partial charge in [0, 0.05) is 11.5 Å². The highest BCUT2D eigenvalue weighted by molar-refractivity contribution is 6.00. The molecule has 0 atom stereocenters. The Hall–Kier alpha value is -1.68. The topological polar surface area (TPSA) is 66.0 Å². The Morgan fingerprint density at radius 1 is 1.28 bits per heavy atom. The summed E-state index contributed by atoms with van der Waals surface area (Å²) in [5.74, 6) is 0.257. The number of hydrogen-bond donors (Lipinski definition) is 2. The molecule has 0 bridgehead atoms. The molecule has 0 saturated heterocycles. The molecule has 94 valence electrons. The Balaban J connectivity index is 1.82. The van der Waals surface area contributed by atoms with E-state index >= 15 is 0 Å². The first-order valence-corrected chi connectivity index (χ1v) is 6.39. The van der Waals surface area contributed by atoms with Crippen LogP contribution in [0.5, 0.6) is 0 Å². The third-order valence-corrected chi connectivity index (χ3v) is 3.77. The number of fused-ring (bicyclic) bond motifs is 1. The van der Waals surface area contributed by atoms with Gasteiger partial charge in [0.25, 0.3) is 0 Å². The number of carbonyl (C=O) groups excluding carboxylic acids is 1. The molecule has 18 heavy (non-hydrogen) atoms. The Bertz CT molecular complexity index is 568. The van der Waals surface area contributed by atoms with E-state index in [0.29, 0.717) is 0 Å². The monoisotopic (exact) mass is 244 g/mol. The number of carbonyl (C=O) groups is 1. The second-order valence-corrected chi connectivity index (χ2v) is 5.00. The fourth-order valence-corrected chi connectivity index (χ4v) is 2.66. The lowest BCUT2D eigenvalue weighted by Gasteiger charge is -2.24. The van der Waals surface area contributed by atoms with Gasteiger partial charge in [0.1, 0.15) is 0 Å². The number of hydrogen-bond acceptors (Lipinski definition) is 3. The van der Waals surface area contributed by atoms with E-state index in [4.69, 9.17) is 0 Å². The van der Waals surface area contributed by atoms with Crippen LogP contribution in [0.25, 0.3) is 11.0 Å². The van der Waals surface area contributed by atoms with Gasteiger partial charge in [-0.1, -0.05) is 0 Å². The quantitative estimate of drug-likeness (QED) is 0.796. The van der Waals surface area contributed by atoms with Crippen molar-refractivity contribution in [1.82, 2.24) is 9.97 Å². The Morgan fingerprint density at radius 2 is 2.06 bits per heavy atom. The van der Waals surface area contributed by atoms with Crippen LogP contribution in [0.1, 0.15) is 36.0 Å². The molecule has 2 N–H and O–H groups in total. The van der Waals surface area contributed by atoms with E-state index in [-0.39, 0.29) is 17.8 Å². The van der Waals surface area contributed by atoms with Gasteiger partial charge >= 0.3 is 0 Å². The van der Waals surface area contributed by atoms with Gasteiger partial charge in [0.15, 0.2) is 5.78 Å². The molecule has 4 nitrogen and oxygen atoms in total. The predicted octanol–water partition coefficient (Wildman–Crippen LogP) is 2.30. The second kappa shape index (κ2) is 4.53. The van der Waals surface area contributed by atoms with Crippen LogP contribution in [0, 0.1) is 5.92 Å². The van der Waals surface area contributed by atoms with Gasteiger partial charge in [-0.25, -0.2) is 4.98 Å². The number of nitrogens with zero attached hydrogens (tertiary/aromatic N) is 1. The number of aromatic nitrogens is 2. The number of rotatable bonds is 2. The van der Waals surface area contributed by atoms with Crippen molar-refractivity contribution in [3.63, 3.8) is 0 Å². The van der Waals surface area contributed by atoms with Crippen molar-refractivity contribution in [3.05, 3.63) is 30.1 Å². The lowest BCUT2D eigenvalue weighted by molar-refractivity contribution is 0.0764. The van der Waals surface area contributed by atoms with Gasteiger partial charge in [-0.2, -0.15) is 0 Å². The molecule has 1 heterocycles. The van der Waals surface area contributed by atoms with E-state index in [1.807, 2.05) is 18.2 Å². The first-order chi connectivity index (χ1) is 8.74. The number of aromatic amines is 1. The van der Waals surface area contributed by atoms with Gasteiger partial charge < -0.3 is 10.1 Å².